The second-order valence-corrected chi connectivity index (χ2v) is 5.21. The van der Waals surface area contributed by atoms with E-state index in [1.807, 2.05) is 27.7 Å². The number of H-pyrrole nitrogens is 2. The standard InChI is InChI=1S/C15H17N5O2.C2H6/c1-7-5-17-10(8(2)13(7)22-3)4-9-6-18-12-11(9)19-15(16)20-14(12)21;1-2/h5-6,18H,4H2,1-3H3,(H3,16,19,20,21);1-2H3. The molecule has 0 aromatic carbocycles. The Hall–Kier alpha value is -2.83. The van der Waals surface area contributed by atoms with Gasteiger partial charge in [-0.3, -0.25) is 14.8 Å². The minimum atomic E-state index is -0.278. The molecular formula is C17H23N5O2. The lowest BCUT2D eigenvalue weighted by Crippen LogP contribution is -2.11. The molecule has 0 aliphatic heterocycles. The van der Waals surface area contributed by atoms with Crippen LogP contribution in [0.4, 0.5) is 5.95 Å². The fraction of sp³-hybridized carbons (Fsp3) is 0.353. The zero-order chi connectivity index (χ0) is 17.9. The van der Waals surface area contributed by atoms with E-state index < -0.39 is 0 Å². The van der Waals surface area contributed by atoms with Crippen LogP contribution < -0.4 is 16.0 Å². The number of aryl methyl sites for hydroxylation is 1. The highest BCUT2D eigenvalue weighted by atomic mass is 16.5. The van der Waals surface area contributed by atoms with Crippen molar-refractivity contribution >= 4 is 17.0 Å². The Kier molecular flexibility index (Phi) is 5.23. The molecule has 24 heavy (non-hydrogen) atoms. The van der Waals surface area contributed by atoms with Crippen LogP contribution in [0.3, 0.4) is 0 Å². The van der Waals surface area contributed by atoms with Gasteiger partial charge in [-0.15, -0.1) is 0 Å². The van der Waals surface area contributed by atoms with E-state index in [1.54, 1.807) is 19.5 Å². The minimum Gasteiger partial charge on any atom is -0.496 e. The molecule has 7 nitrogen and oxygen atoms in total. The SMILES string of the molecule is CC.COc1c(C)cnc(Cc2c[nH]c3c(=O)[nH]c(N)nc23)c1C. The Morgan fingerprint density at radius 3 is 2.67 bits per heavy atom. The van der Waals surface area contributed by atoms with Gasteiger partial charge in [0, 0.05) is 35.5 Å². The Bertz CT molecular complexity index is 911. The molecule has 0 radical (unpaired) electrons. The van der Waals surface area contributed by atoms with Gasteiger partial charge in [-0.25, -0.2) is 4.98 Å². The third kappa shape index (κ3) is 3.10. The fourth-order valence-electron chi connectivity index (χ4n) is 2.65. The van der Waals surface area contributed by atoms with Crippen LogP contribution in [0.15, 0.2) is 17.2 Å². The summed E-state index contributed by atoms with van der Waals surface area (Å²) < 4.78 is 5.42. The molecule has 0 aliphatic carbocycles. The lowest BCUT2D eigenvalue weighted by molar-refractivity contribution is 0.407. The van der Waals surface area contributed by atoms with Gasteiger partial charge in [-0.05, 0) is 13.8 Å². The van der Waals surface area contributed by atoms with Crippen molar-refractivity contribution in [2.75, 3.05) is 12.8 Å². The highest BCUT2D eigenvalue weighted by Crippen LogP contribution is 2.26. The molecule has 0 fully saturated rings. The number of ether oxygens (including phenoxy) is 1. The van der Waals surface area contributed by atoms with Gasteiger partial charge >= 0.3 is 0 Å². The number of hydrogen-bond donors (Lipinski definition) is 3. The number of methoxy groups -OCH3 is 1. The molecular weight excluding hydrogens is 306 g/mol. The van der Waals surface area contributed by atoms with Crippen molar-refractivity contribution in [1.29, 1.82) is 0 Å². The Labute approximate surface area is 140 Å². The number of nitrogens with one attached hydrogen (secondary N) is 2. The van der Waals surface area contributed by atoms with Gasteiger partial charge in [0.05, 0.1) is 12.8 Å². The van der Waals surface area contributed by atoms with E-state index in [9.17, 15) is 4.79 Å². The zero-order valence-electron chi connectivity index (χ0n) is 14.7. The van der Waals surface area contributed by atoms with Crippen molar-refractivity contribution in [3.63, 3.8) is 0 Å². The molecule has 3 heterocycles. The molecule has 3 aromatic rings. The fourth-order valence-corrected chi connectivity index (χ4v) is 2.65. The number of hydrogen-bond acceptors (Lipinski definition) is 5. The van der Waals surface area contributed by atoms with Crippen LogP contribution in [0, 0.1) is 13.8 Å². The van der Waals surface area contributed by atoms with E-state index in [0.717, 1.165) is 28.1 Å². The van der Waals surface area contributed by atoms with Crippen molar-refractivity contribution in [3.05, 3.63) is 45.1 Å². The first-order valence-corrected chi connectivity index (χ1v) is 7.86. The van der Waals surface area contributed by atoms with E-state index in [4.69, 9.17) is 10.5 Å². The average Bonchev–Trinajstić information content (AvgIpc) is 2.96. The van der Waals surface area contributed by atoms with E-state index in [-0.39, 0.29) is 11.5 Å². The highest BCUT2D eigenvalue weighted by Gasteiger charge is 2.14. The van der Waals surface area contributed by atoms with Crippen LogP contribution in [-0.4, -0.2) is 27.0 Å². The smallest absolute Gasteiger partial charge is 0.276 e. The number of aromatic amines is 2. The molecule has 0 aliphatic rings. The van der Waals surface area contributed by atoms with Gasteiger partial charge in [-0.2, -0.15) is 0 Å². The van der Waals surface area contributed by atoms with E-state index in [0.29, 0.717) is 17.5 Å². The summed E-state index contributed by atoms with van der Waals surface area (Å²) in [6, 6.07) is 0. The van der Waals surface area contributed by atoms with Gasteiger partial charge in [0.2, 0.25) is 5.95 Å². The van der Waals surface area contributed by atoms with Crippen LogP contribution in [0.1, 0.15) is 36.2 Å². The topological polar surface area (TPSA) is 110 Å². The predicted octanol–water partition coefficient (Wildman–Crippen LogP) is 2.47. The molecule has 0 saturated heterocycles. The molecule has 0 atom stereocenters. The summed E-state index contributed by atoms with van der Waals surface area (Å²) in [5, 5.41) is 0. The Morgan fingerprint density at radius 2 is 2.00 bits per heavy atom. The zero-order valence-corrected chi connectivity index (χ0v) is 14.7. The number of aromatic nitrogens is 4. The number of pyridine rings is 1. The molecule has 3 aromatic heterocycles. The second-order valence-electron chi connectivity index (χ2n) is 5.21. The number of rotatable bonds is 3. The first-order valence-electron chi connectivity index (χ1n) is 7.86. The lowest BCUT2D eigenvalue weighted by atomic mass is 10.0. The van der Waals surface area contributed by atoms with Crippen LogP contribution in [0.2, 0.25) is 0 Å². The molecule has 0 saturated carbocycles. The molecule has 7 heteroatoms. The largest absolute Gasteiger partial charge is 0.496 e. The monoisotopic (exact) mass is 329 g/mol. The number of nitrogens with two attached hydrogens (primary N) is 1. The summed E-state index contributed by atoms with van der Waals surface area (Å²) in [7, 11) is 1.65. The first kappa shape index (κ1) is 17.5. The molecule has 3 rings (SSSR count). The Balaban J connectivity index is 0.00000100. The third-order valence-corrected chi connectivity index (χ3v) is 3.74. The van der Waals surface area contributed by atoms with Crippen molar-refractivity contribution in [1.82, 2.24) is 19.9 Å². The summed E-state index contributed by atoms with van der Waals surface area (Å²) in [6.45, 7) is 7.92. The van der Waals surface area contributed by atoms with Crippen LogP contribution >= 0.6 is 0 Å². The van der Waals surface area contributed by atoms with Gasteiger partial charge in [-0.1, -0.05) is 13.8 Å². The van der Waals surface area contributed by atoms with Gasteiger partial charge in [0.15, 0.2) is 0 Å². The number of anilines is 1. The van der Waals surface area contributed by atoms with Crippen molar-refractivity contribution in [3.8, 4) is 5.75 Å². The van der Waals surface area contributed by atoms with E-state index >= 15 is 0 Å². The summed E-state index contributed by atoms with van der Waals surface area (Å²) in [6.07, 6.45) is 4.09. The first-order chi connectivity index (χ1) is 11.5. The van der Waals surface area contributed by atoms with Crippen LogP contribution in [-0.2, 0) is 6.42 Å². The lowest BCUT2D eigenvalue weighted by Gasteiger charge is -2.11. The number of fused-ring (bicyclic) bond motifs is 1. The second kappa shape index (κ2) is 7.16. The molecule has 128 valence electrons. The normalized spacial score (nSPS) is 10.4. The maximum atomic E-state index is 11.8. The maximum Gasteiger partial charge on any atom is 0.276 e. The third-order valence-electron chi connectivity index (χ3n) is 3.74. The Morgan fingerprint density at radius 1 is 1.29 bits per heavy atom. The number of nitrogen functional groups attached to an aromatic ring is 1. The summed E-state index contributed by atoms with van der Waals surface area (Å²) >= 11 is 0. The molecule has 0 amide bonds. The molecule has 4 N–H and O–H groups in total. The van der Waals surface area contributed by atoms with Crippen LogP contribution in [0.5, 0.6) is 5.75 Å². The maximum absolute atomic E-state index is 11.8. The molecule has 0 bridgehead atoms. The highest BCUT2D eigenvalue weighted by molar-refractivity contribution is 5.79. The predicted molar refractivity (Wildman–Crippen MR) is 95.5 cm³/mol. The number of nitrogens with zero attached hydrogens (tertiary/aromatic N) is 2. The van der Waals surface area contributed by atoms with Gasteiger partial charge in [0.25, 0.3) is 5.56 Å². The summed E-state index contributed by atoms with van der Waals surface area (Å²) in [5.74, 6) is 0.930. The quantitative estimate of drug-likeness (QED) is 0.684. The summed E-state index contributed by atoms with van der Waals surface area (Å²) in [4.78, 5) is 25.9. The average molecular weight is 329 g/mol. The van der Waals surface area contributed by atoms with Crippen molar-refractivity contribution < 1.29 is 4.74 Å². The summed E-state index contributed by atoms with van der Waals surface area (Å²) in [5.41, 5.74) is 10.1. The van der Waals surface area contributed by atoms with Gasteiger partial charge in [0.1, 0.15) is 16.8 Å². The molecule has 0 spiro atoms. The van der Waals surface area contributed by atoms with Crippen molar-refractivity contribution in [2.45, 2.75) is 34.1 Å². The van der Waals surface area contributed by atoms with E-state index in [1.165, 1.54) is 0 Å². The minimum absolute atomic E-state index is 0.101. The van der Waals surface area contributed by atoms with Crippen molar-refractivity contribution in [2.24, 2.45) is 0 Å². The van der Waals surface area contributed by atoms with Crippen LogP contribution in [0.25, 0.3) is 11.0 Å². The van der Waals surface area contributed by atoms with Gasteiger partial charge < -0.3 is 15.5 Å². The molecule has 0 unspecified atom stereocenters. The van der Waals surface area contributed by atoms with E-state index in [2.05, 4.69) is 19.9 Å².